The first kappa shape index (κ1) is 22.0. The second-order valence-corrected chi connectivity index (χ2v) is 8.56. The number of rotatable bonds is 9. The fraction of sp³-hybridized carbons (Fsp3) is 0.421. The fourth-order valence-electron chi connectivity index (χ4n) is 2.88. The zero-order valence-corrected chi connectivity index (χ0v) is 18.5. The molecule has 1 saturated carbocycles. The molecule has 0 spiro atoms. The minimum absolute atomic E-state index is 0.0606. The van der Waals surface area contributed by atoms with Crippen molar-refractivity contribution < 1.29 is 23.9 Å². The molecule has 0 atom stereocenters. The number of aromatic nitrogens is 3. The van der Waals surface area contributed by atoms with Gasteiger partial charge in [-0.05, 0) is 25.3 Å². The predicted octanol–water partition coefficient (Wildman–Crippen LogP) is 3.02. The van der Waals surface area contributed by atoms with Crippen molar-refractivity contribution in [2.75, 3.05) is 25.3 Å². The highest BCUT2D eigenvalue weighted by atomic mass is 32.2. The smallest absolute Gasteiger partial charge is 0.348 e. The van der Waals surface area contributed by atoms with Gasteiger partial charge in [-0.25, -0.2) is 9.59 Å². The van der Waals surface area contributed by atoms with Crippen molar-refractivity contribution in [1.29, 1.82) is 0 Å². The Balaban J connectivity index is 1.74. The van der Waals surface area contributed by atoms with Gasteiger partial charge in [-0.15, -0.1) is 28.1 Å². The van der Waals surface area contributed by atoms with Gasteiger partial charge in [-0.1, -0.05) is 17.8 Å². The number of anilines is 1. The molecule has 0 unspecified atom stereocenters. The van der Waals surface area contributed by atoms with Gasteiger partial charge < -0.3 is 19.4 Å². The van der Waals surface area contributed by atoms with Gasteiger partial charge in [0.2, 0.25) is 5.91 Å². The normalized spacial score (nSPS) is 13.0. The maximum Gasteiger partial charge on any atom is 0.348 e. The van der Waals surface area contributed by atoms with Gasteiger partial charge in [0.05, 0.1) is 25.5 Å². The Hall–Kier alpha value is -2.66. The summed E-state index contributed by atoms with van der Waals surface area (Å²) in [5.41, 5.74) is 0.550. The quantitative estimate of drug-likeness (QED) is 0.352. The van der Waals surface area contributed by atoms with Crippen molar-refractivity contribution in [3.8, 4) is 0 Å². The lowest BCUT2D eigenvalue weighted by atomic mass is 10.1. The van der Waals surface area contributed by atoms with Gasteiger partial charge in [0.15, 0.2) is 5.16 Å². The summed E-state index contributed by atoms with van der Waals surface area (Å²) >= 11 is 2.23. The number of amides is 1. The third-order valence-corrected chi connectivity index (χ3v) is 6.65. The van der Waals surface area contributed by atoms with Crippen LogP contribution >= 0.6 is 23.1 Å². The van der Waals surface area contributed by atoms with Gasteiger partial charge in [0, 0.05) is 12.5 Å². The first-order valence-electron chi connectivity index (χ1n) is 9.17. The monoisotopic (exact) mass is 450 g/mol. The summed E-state index contributed by atoms with van der Waals surface area (Å²) in [6.45, 7) is 5.95. The molecule has 2 aromatic heterocycles. The molecule has 0 bridgehead atoms. The van der Waals surface area contributed by atoms with E-state index in [9.17, 15) is 14.4 Å². The number of thioether (sulfide) groups is 1. The molecule has 9 nitrogen and oxygen atoms in total. The molecule has 0 aromatic carbocycles. The Morgan fingerprint density at radius 1 is 1.27 bits per heavy atom. The molecular weight excluding hydrogens is 428 g/mol. The van der Waals surface area contributed by atoms with Gasteiger partial charge in [0.25, 0.3) is 0 Å². The standard InChI is InChI=1S/C19H22N4O5S2/c1-5-8-23-15(11-6-7-11)21-22-19(23)29-9-12(24)20-16-13(17(25)27-3)10(2)14(30-16)18(26)28-4/h5,11H,1,6-9H2,2-4H3,(H,20,24). The van der Waals surface area contributed by atoms with Crippen LogP contribution in [0.2, 0.25) is 0 Å². The van der Waals surface area contributed by atoms with Crippen LogP contribution in [0.4, 0.5) is 5.00 Å². The molecule has 30 heavy (non-hydrogen) atoms. The average molecular weight is 451 g/mol. The molecule has 0 aliphatic heterocycles. The minimum atomic E-state index is -0.637. The molecule has 2 aromatic rings. The van der Waals surface area contributed by atoms with Crippen LogP contribution < -0.4 is 5.32 Å². The van der Waals surface area contributed by atoms with Crippen molar-refractivity contribution >= 4 is 45.9 Å². The Kier molecular flexibility index (Phi) is 6.93. The summed E-state index contributed by atoms with van der Waals surface area (Å²) in [5, 5.41) is 12.0. The Morgan fingerprint density at radius 2 is 1.97 bits per heavy atom. The first-order chi connectivity index (χ1) is 14.4. The number of carbonyl (C=O) groups excluding carboxylic acids is 3. The number of methoxy groups -OCH3 is 2. The number of carbonyl (C=O) groups is 3. The third-order valence-electron chi connectivity index (χ3n) is 4.49. The van der Waals surface area contributed by atoms with Crippen LogP contribution in [0.5, 0.6) is 0 Å². The summed E-state index contributed by atoms with van der Waals surface area (Å²) < 4.78 is 11.5. The molecule has 0 saturated heterocycles. The number of nitrogens with zero attached hydrogens (tertiary/aromatic N) is 3. The maximum atomic E-state index is 12.6. The highest BCUT2D eigenvalue weighted by molar-refractivity contribution is 7.99. The van der Waals surface area contributed by atoms with Crippen molar-refractivity contribution in [1.82, 2.24) is 14.8 Å². The second kappa shape index (κ2) is 9.43. The lowest BCUT2D eigenvalue weighted by molar-refractivity contribution is -0.113. The lowest BCUT2D eigenvalue weighted by Gasteiger charge is -2.08. The minimum Gasteiger partial charge on any atom is -0.465 e. The Bertz CT molecular complexity index is 993. The topological polar surface area (TPSA) is 112 Å². The number of nitrogens with one attached hydrogen (secondary N) is 1. The highest BCUT2D eigenvalue weighted by Gasteiger charge is 2.30. The number of hydrogen-bond donors (Lipinski definition) is 1. The van der Waals surface area contributed by atoms with Crippen LogP contribution in [0.15, 0.2) is 17.8 Å². The van der Waals surface area contributed by atoms with E-state index in [-0.39, 0.29) is 27.1 Å². The largest absolute Gasteiger partial charge is 0.465 e. The van der Waals surface area contributed by atoms with Crippen LogP contribution in [0.3, 0.4) is 0 Å². The SMILES string of the molecule is C=CCn1c(SCC(=O)Nc2sc(C(=O)OC)c(C)c2C(=O)OC)nnc1C1CC1. The maximum absolute atomic E-state index is 12.6. The molecular formula is C19H22N4O5S2. The third kappa shape index (κ3) is 4.57. The van der Waals surface area contributed by atoms with Gasteiger partial charge in [0.1, 0.15) is 15.7 Å². The van der Waals surface area contributed by atoms with E-state index in [2.05, 4.69) is 22.1 Å². The second-order valence-electron chi connectivity index (χ2n) is 6.59. The molecule has 0 radical (unpaired) electrons. The number of hydrogen-bond acceptors (Lipinski definition) is 9. The molecule has 3 rings (SSSR count). The first-order valence-corrected chi connectivity index (χ1v) is 11.0. The Morgan fingerprint density at radius 3 is 2.57 bits per heavy atom. The van der Waals surface area contributed by atoms with Crippen molar-refractivity contribution in [3.63, 3.8) is 0 Å². The van der Waals surface area contributed by atoms with Crippen molar-refractivity contribution in [2.45, 2.75) is 37.4 Å². The van der Waals surface area contributed by atoms with Gasteiger partial charge in [-0.3, -0.25) is 4.79 Å². The van der Waals surface area contributed by atoms with Gasteiger partial charge >= 0.3 is 11.9 Å². The summed E-state index contributed by atoms with van der Waals surface area (Å²) in [5.74, 6) is -0.157. The highest BCUT2D eigenvalue weighted by Crippen LogP contribution is 2.40. The number of allylic oxidation sites excluding steroid dienone is 1. The zero-order chi connectivity index (χ0) is 21.8. The van der Waals surface area contributed by atoms with E-state index >= 15 is 0 Å². The molecule has 11 heteroatoms. The fourth-order valence-corrected chi connectivity index (χ4v) is 4.76. The van der Waals surface area contributed by atoms with E-state index < -0.39 is 11.9 Å². The van der Waals surface area contributed by atoms with E-state index in [1.807, 2.05) is 4.57 Å². The molecule has 1 aliphatic rings. The van der Waals surface area contributed by atoms with E-state index in [1.165, 1.54) is 26.0 Å². The van der Waals surface area contributed by atoms with Gasteiger partial charge in [-0.2, -0.15) is 0 Å². The van der Waals surface area contributed by atoms with E-state index in [0.717, 1.165) is 30.0 Å². The molecule has 1 amide bonds. The summed E-state index contributed by atoms with van der Waals surface area (Å²) in [6.07, 6.45) is 3.96. The van der Waals surface area contributed by atoms with E-state index in [1.54, 1.807) is 13.0 Å². The van der Waals surface area contributed by atoms with Crippen LogP contribution in [-0.2, 0) is 20.8 Å². The van der Waals surface area contributed by atoms with Crippen LogP contribution in [0.25, 0.3) is 0 Å². The number of esters is 2. The van der Waals surface area contributed by atoms with Crippen LogP contribution in [-0.4, -0.2) is 52.6 Å². The van der Waals surface area contributed by atoms with E-state index in [0.29, 0.717) is 23.2 Å². The summed E-state index contributed by atoms with van der Waals surface area (Å²) in [7, 11) is 2.49. The lowest BCUT2D eigenvalue weighted by Crippen LogP contribution is -2.16. The van der Waals surface area contributed by atoms with E-state index in [4.69, 9.17) is 9.47 Å². The Labute approximate surface area is 181 Å². The zero-order valence-electron chi connectivity index (χ0n) is 16.9. The molecule has 2 heterocycles. The number of ether oxygens (including phenoxy) is 2. The number of thiophene rings is 1. The summed E-state index contributed by atoms with van der Waals surface area (Å²) in [4.78, 5) is 36.9. The van der Waals surface area contributed by atoms with Crippen LogP contribution in [0, 0.1) is 6.92 Å². The average Bonchev–Trinajstić information content (AvgIpc) is 3.43. The van der Waals surface area contributed by atoms with Crippen molar-refractivity contribution in [2.24, 2.45) is 0 Å². The summed E-state index contributed by atoms with van der Waals surface area (Å²) in [6, 6.07) is 0. The van der Waals surface area contributed by atoms with Crippen LogP contribution in [0.1, 0.15) is 50.2 Å². The molecule has 1 fully saturated rings. The van der Waals surface area contributed by atoms with Crippen molar-refractivity contribution in [3.05, 3.63) is 34.5 Å². The molecule has 160 valence electrons. The molecule has 1 N–H and O–H groups in total. The molecule has 1 aliphatic carbocycles. The predicted molar refractivity (Wildman–Crippen MR) is 113 cm³/mol.